The molecule has 0 unspecified atom stereocenters. The van der Waals surface area contributed by atoms with Gasteiger partial charge in [-0.05, 0) is 38.2 Å². The van der Waals surface area contributed by atoms with Gasteiger partial charge in [0.1, 0.15) is 0 Å². The van der Waals surface area contributed by atoms with Crippen LogP contribution in [0.5, 0.6) is 0 Å². The van der Waals surface area contributed by atoms with Crippen LogP contribution in [0, 0.1) is 17.3 Å². The maximum absolute atomic E-state index is 12.4. The van der Waals surface area contributed by atoms with Gasteiger partial charge in [-0.15, -0.1) is 0 Å². The summed E-state index contributed by atoms with van der Waals surface area (Å²) in [6.07, 6.45) is 9.60. The monoisotopic (exact) mass is 290 g/mol. The number of hydrogen-bond acceptors (Lipinski definition) is 4. The lowest BCUT2D eigenvalue weighted by atomic mass is 9.69. The normalized spacial score (nSPS) is 26.9. The number of esters is 2. The molecule has 0 amide bonds. The Labute approximate surface area is 125 Å². The zero-order valence-corrected chi connectivity index (χ0v) is 13.0. The second-order valence-electron chi connectivity index (χ2n) is 5.56. The van der Waals surface area contributed by atoms with Crippen LogP contribution in [-0.2, 0) is 19.1 Å². The highest BCUT2D eigenvalue weighted by molar-refractivity contribution is 6.04. The molecule has 114 valence electrons. The summed E-state index contributed by atoms with van der Waals surface area (Å²) in [5, 5.41) is 0. The molecule has 0 saturated heterocycles. The van der Waals surface area contributed by atoms with E-state index >= 15 is 0 Å². The topological polar surface area (TPSA) is 52.6 Å². The first-order valence-corrected chi connectivity index (χ1v) is 7.22. The lowest BCUT2D eigenvalue weighted by Gasteiger charge is -2.33. The summed E-state index contributed by atoms with van der Waals surface area (Å²) in [6, 6.07) is 0. The van der Waals surface area contributed by atoms with Crippen molar-refractivity contribution in [2.24, 2.45) is 17.3 Å². The van der Waals surface area contributed by atoms with E-state index in [1.54, 1.807) is 6.08 Å². The van der Waals surface area contributed by atoms with Gasteiger partial charge in [-0.2, -0.15) is 0 Å². The minimum absolute atomic E-state index is 0.0631. The van der Waals surface area contributed by atoms with Crippen LogP contribution in [0.3, 0.4) is 0 Å². The van der Waals surface area contributed by atoms with Crippen LogP contribution in [0.4, 0.5) is 0 Å². The van der Waals surface area contributed by atoms with E-state index in [1.807, 2.05) is 19.9 Å². The fourth-order valence-electron chi connectivity index (χ4n) is 3.50. The molecule has 0 bridgehead atoms. The average molecular weight is 290 g/mol. The van der Waals surface area contributed by atoms with Crippen LogP contribution >= 0.6 is 0 Å². The minimum Gasteiger partial charge on any atom is -0.468 e. The zero-order chi connectivity index (χ0) is 15.6. The van der Waals surface area contributed by atoms with Crippen LogP contribution in [-0.4, -0.2) is 26.2 Å². The highest BCUT2D eigenvalue weighted by Gasteiger charge is 2.59. The first-order valence-electron chi connectivity index (χ1n) is 7.22. The smallest absolute Gasteiger partial charge is 0.327 e. The summed E-state index contributed by atoms with van der Waals surface area (Å²) < 4.78 is 9.89. The van der Waals surface area contributed by atoms with E-state index in [-0.39, 0.29) is 11.8 Å². The number of carbonyl (C=O) groups is 2. The van der Waals surface area contributed by atoms with Gasteiger partial charge in [-0.3, -0.25) is 9.59 Å². The largest absolute Gasteiger partial charge is 0.468 e. The Bertz CT molecular complexity index is 523. The molecule has 0 heterocycles. The number of carbonyl (C=O) groups excluding carboxylic acids is 2. The Morgan fingerprint density at radius 2 is 1.90 bits per heavy atom. The van der Waals surface area contributed by atoms with Crippen molar-refractivity contribution in [2.75, 3.05) is 14.2 Å². The molecule has 0 aromatic carbocycles. The number of ether oxygens (including phenoxy) is 2. The lowest BCUT2D eigenvalue weighted by molar-refractivity contribution is -0.169. The molecule has 0 N–H and O–H groups in total. The first kappa shape index (κ1) is 15.5. The number of rotatable bonds is 3. The summed E-state index contributed by atoms with van der Waals surface area (Å²) in [6.45, 7) is 3.95. The summed E-state index contributed by atoms with van der Waals surface area (Å²) in [4.78, 5) is 24.9. The standard InChI is InChI=1S/C17H22O4/c1-5-11(2)13-10-17(15(18)20-3,16(19)21-4)14-9-7-6-8-12(13)14/h5-6,8,10,12,14H,7,9H2,1-4H3/b11-5-/t12-,14-/m1/s1. The highest BCUT2D eigenvalue weighted by Crippen LogP contribution is 2.53. The molecule has 0 aromatic heterocycles. The number of fused-ring (bicyclic) bond motifs is 1. The number of allylic oxidation sites excluding steroid dienone is 5. The maximum Gasteiger partial charge on any atom is 0.327 e. The Hall–Kier alpha value is -1.84. The van der Waals surface area contributed by atoms with Gasteiger partial charge in [0.05, 0.1) is 14.2 Å². The third-order valence-corrected chi connectivity index (χ3v) is 4.68. The van der Waals surface area contributed by atoms with Crippen molar-refractivity contribution in [1.29, 1.82) is 0 Å². The van der Waals surface area contributed by atoms with Crippen molar-refractivity contribution in [2.45, 2.75) is 26.7 Å². The van der Waals surface area contributed by atoms with Gasteiger partial charge in [-0.25, -0.2) is 0 Å². The quantitative estimate of drug-likeness (QED) is 0.455. The lowest BCUT2D eigenvalue weighted by Crippen LogP contribution is -2.45. The maximum atomic E-state index is 12.4. The van der Waals surface area contributed by atoms with Gasteiger partial charge in [0.25, 0.3) is 0 Å². The predicted octanol–water partition coefficient (Wildman–Crippen LogP) is 2.81. The Balaban J connectivity index is 2.63. The van der Waals surface area contributed by atoms with Crippen LogP contribution in [0.2, 0.25) is 0 Å². The Kier molecular flexibility index (Phi) is 4.35. The molecule has 2 aliphatic rings. The molecule has 0 spiro atoms. The predicted molar refractivity (Wildman–Crippen MR) is 79.3 cm³/mol. The van der Waals surface area contributed by atoms with Crippen LogP contribution in [0.15, 0.2) is 35.5 Å². The molecule has 4 nitrogen and oxygen atoms in total. The molecule has 2 aliphatic carbocycles. The zero-order valence-electron chi connectivity index (χ0n) is 13.0. The first-order chi connectivity index (χ1) is 10.0. The van der Waals surface area contributed by atoms with Gasteiger partial charge >= 0.3 is 11.9 Å². The van der Waals surface area contributed by atoms with Crippen molar-refractivity contribution < 1.29 is 19.1 Å². The molecule has 0 saturated carbocycles. The van der Waals surface area contributed by atoms with Crippen molar-refractivity contribution in [3.8, 4) is 0 Å². The van der Waals surface area contributed by atoms with E-state index in [4.69, 9.17) is 9.47 Å². The SMILES string of the molecule is C/C=C(/C)C1=CC(C(=O)OC)(C(=O)OC)[C@@H]2CCC=C[C@H]12. The average Bonchev–Trinajstić information content (AvgIpc) is 2.89. The van der Waals surface area contributed by atoms with Crippen LogP contribution in [0.25, 0.3) is 0 Å². The van der Waals surface area contributed by atoms with Crippen molar-refractivity contribution >= 4 is 11.9 Å². The molecule has 0 aliphatic heterocycles. The highest BCUT2D eigenvalue weighted by atomic mass is 16.5. The molecule has 0 aromatic rings. The fraction of sp³-hybridized carbons (Fsp3) is 0.529. The summed E-state index contributed by atoms with van der Waals surface area (Å²) >= 11 is 0. The Morgan fingerprint density at radius 1 is 1.29 bits per heavy atom. The Morgan fingerprint density at radius 3 is 2.43 bits per heavy atom. The number of methoxy groups -OCH3 is 2. The summed E-state index contributed by atoms with van der Waals surface area (Å²) in [5.41, 5.74) is 0.777. The minimum atomic E-state index is -1.32. The third-order valence-electron chi connectivity index (χ3n) is 4.68. The number of hydrogen-bond donors (Lipinski definition) is 0. The van der Waals surface area contributed by atoms with Crippen LogP contribution < -0.4 is 0 Å². The molecular formula is C17H22O4. The van der Waals surface area contributed by atoms with Crippen LogP contribution in [0.1, 0.15) is 26.7 Å². The van der Waals surface area contributed by atoms with Gasteiger partial charge < -0.3 is 9.47 Å². The van der Waals surface area contributed by atoms with E-state index in [1.165, 1.54) is 14.2 Å². The van der Waals surface area contributed by atoms with Crippen molar-refractivity contribution in [3.63, 3.8) is 0 Å². The van der Waals surface area contributed by atoms with Gasteiger partial charge in [0.15, 0.2) is 5.41 Å². The summed E-state index contributed by atoms with van der Waals surface area (Å²) in [5.74, 6) is -1.13. The molecule has 0 fully saturated rings. The molecule has 21 heavy (non-hydrogen) atoms. The van der Waals surface area contributed by atoms with Crippen molar-refractivity contribution in [1.82, 2.24) is 0 Å². The van der Waals surface area contributed by atoms with Gasteiger partial charge in [0, 0.05) is 5.92 Å². The van der Waals surface area contributed by atoms with E-state index in [0.717, 1.165) is 24.0 Å². The molecule has 2 rings (SSSR count). The molecular weight excluding hydrogens is 268 g/mol. The molecule has 0 radical (unpaired) electrons. The molecule has 2 atom stereocenters. The van der Waals surface area contributed by atoms with E-state index in [0.29, 0.717) is 0 Å². The molecule has 4 heteroatoms. The van der Waals surface area contributed by atoms with E-state index in [9.17, 15) is 9.59 Å². The van der Waals surface area contributed by atoms with Gasteiger partial charge in [-0.1, -0.05) is 29.9 Å². The summed E-state index contributed by atoms with van der Waals surface area (Å²) in [7, 11) is 2.63. The van der Waals surface area contributed by atoms with Gasteiger partial charge in [0.2, 0.25) is 0 Å². The second-order valence-corrected chi connectivity index (χ2v) is 5.56. The van der Waals surface area contributed by atoms with E-state index < -0.39 is 17.4 Å². The third kappa shape index (κ3) is 2.23. The van der Waals surface area contributed by atoms with Crippen molar-refractivity contribution in [3.05, 3.63) is 35.5 Å². The van der Waals surface area contributed by atoms with E-state index in [2.05, 4.69) is 12.2 Å². The fourth-order valence-corrected chi connectivity index (χ4v) is 3.50. The second kappa shape index (κ2) is 5.88.